The molecule has 1 amide bonds. The molecule has 1 aliphatic rings. The van der Waals surface area contributed by atoms with E-state index in [4.69, 9.17) is 0 Å². The summed E-state index contributed by atoms with van der Waals surface area (Å²) in [4.78, 5) is 17.4. The lowest BCUT2D eigenvalue weighted by atomic mass is 10.2. The van der Waals surface area contributed by atoms with Crippen molar-refractivity contribution in [2.75, 3.05) is 10.7 Å². The van der Waals surface area contributed by atoms with Gasteiger partial charge in [0.2, 0.25) is 15.7 Å². The Bertz CT molecular complexity index is 938. The monoisotopic (exact) mass is 392 g/mol. The van der Waals surface area contributed by atoms with Gasteiger partial charge in [-0.3, -0.25) is 9.69 Å². The summed E-state index contributed by atoms with van der Waals surface area (Å²) in [5.74, 6) is -1.79. The van der Waals surface area contributed by atoms with E-state index in [0.29, 0.717) is 10.6 Å². The zero-order chi connectivity index (χ0) is 18.4. The number of ether oxygens (including phenoxy) is 1. The number of fused-ring (bicyclic) bond motifs is 1. The van der Waals surface area contributed by atoms with E-state index in [1.54, 1.807) is 6.92 Å². The third kappa shape index (κ3) is 3.76. The molecular formula is C14H11F3N2O4S2. The number of amides is 1. The van der Waals surface area contributed by atoms with Gasteiger partial charge in [-0.05, 0) is 24.6 Å². The molecule has 0 unspecified atom stereocenters. The molecule has 2 heterocycles. The predicted molar refractivity (Wildman–Crippen MR) is 83.2 cm³/mol. The van der Waals surface area contributed by atoms with E-state index in [1.807, 2.05) is 0 Å². The molecule has 134 valence electrons. The van der Waals surface area contributed by atoms with Crippen molar-refractivity contribution in [3.63, 3.8) is 0 Å². The third-order valence-corrected chi connectivity index (χ3v) is 5.94. The second-order valence-corrected chi connectivity index (χ2v) is 8.36. The summed E-state index contributed by atoms with van der Waals surface area (Å²) in [5.41, 5.74) is 0.367. The van der Waals surface area contributed by atoms with E-state index in [9.17, 15) is 26.4 Å². The van der Waals surface area contributed by atoms with E-state index >= 15 is 0 Å². The Balaban J connectivity index is 1.93. The van der Waals surface area contributed by atoms with Gasteiger partial charge in [0, 0.05) is 0 Å². The number of sulfone groups is 1. The number of alkyl halides is 3. The summed E-state index contributed by atoms with van der Waals surface area (Å²) in [6.45, 7) is 1.52. The van der Waals surface area contributed by atoms with Gasteiger partial charge in [0.05, 0.1) is 11.6 Å². The molecule has 0 saturated heterocycles. The van der Waals surface area contributed by atoms with Crippen LogP contribution in [0.1, 0.15) is 10.6 Å². The minimum Gasteiger partial charge on any atom is -0.406 e. The van der Waals surface area contributed by atoms with Crippen LogP contribution >= 0.6 is 11.3 Å². The third-order valence-electron chi connectivity index (χ3n) is 3.31. The van der Waals surface area contributed by atoms with Crippen LogP contribution in [0.25, 0.3) is 0 Å². The van der Waals surface area contributed by atoms with Crippen LogP contribution in [0.4, 0.5) is 18.2 Å². The Morgan fingerprint density at radius 2 is 2.08 bits per heavy atom. The van der Waals surface area contributed by atoms with Gasteiger partial charge in [-0.25, -0.2) is 13.4 Å². The van der Waals surface area contributed by atoms with E-state index in [-0.39, 0.29) is 16.6 Å². The van der Waals surface area contributed by atoms with Crippen molar-refractivity contribution in [3.8, 4) is 5.75 Å². The maximum absolute atomic E-state index is 12.3. The fraction of sp³-hybridized carbons (Fsp3) is 0.286. The Morgan fingerprint density at radius 1 is 1.36 bits per heavy atom. The fourth-order valence-corrected chi connectivity index (χ4v) is 5.04. The number of carbonyl (C=O) groups is 1. The number of aromatic nitrogens is 1. The Morgan fingerprint density at radius 3 is 2.76 bits per heavy atom. The summed E-state index contributed by atoms with van der Waals surface area (Å²) in [6, 6.07) is 5.17. The lowest BCUT2D eigenvalue weighted by molar-refractivity contribution is -0.274. The highest BCUT2D eigenvalue weighted by Crippen LogP contribution is 2.37. The van der Waals surface area contributed by atoms with Crippen molar-refractivity contribution in [1.82, 2.24) is 4.98 Å². The van der Waals surface area contributed by atoms with Crippen LogP contribution in [0.2, 0.25) is 0 Å². The van der Waals surface area contributed by atoms with Crippen molar-refractivity contribution in [3.05, 3.63) is 34.8 Å². The maximum atomic E-state index is 12.3. The van der Waals surface area contributed by atoms with E-state index in [2.05, 4.69) is 9.72 Å². The van der Waals surface area contributed by atoms with Gasteiger partial charge >= 0.3 is 6.36 Å². The molecule has 3 rings (SSSR count). The molecule has 6 nitrogen and oxygen atoms in total. The molecule has 11 heteroatoms. The molecule has 1 aromatic heterocycles. The first-order valence-corrected chi connectivity index (χ1v) is 9.37. The molecule has 1 aromatic carbocycles. The van der Waals surface area contributed by atoms with Gasteiger partial charge < -0.3 is 4.74 Å². The highest BCUT2D eigenvalue weighted by Gasteiger charge is 2.38. The zero-order valence-electron chi connectivity index (χ0n) is 12.7. The fourth-order valence-electron chi connectivity index (χ4n) is 2.38. The molecule has 0 fully saturated rings. The number of nitrogens with zero attached hydrogens (tertiary/aromatic N) is 2. The maximum Gasteiger partial charge on any atom is 0.573 e. The largest absolute Gasteiger partial charge is 0.573 e. The average molecular weight is 392 g/mol. The normalized spacial score (nSPS) is 16.6. The summed E-state index contributed by atoms with van der Waals surface area (Å²) >= 11 is 1.04. The quantitative estimate of drug-likeness (QED) is 0.803. The Labute approximate surface area is 144 Å². The van der Waals surface area contributed by atoms with Gasteiger partial charge in [0.1, 0.15) is 16.5 Å². The van der Waals surface area contributed by atoms with Gasteiger partial charge in [-0.1, -0.05) is 12.1 Å². The van der Waals surface area contributed by atoms with Gasteiger partial charge in [0.25, 0.3) is 0 Å². The molecule has 1 aliphatic heterocycles. The molecule has 0 aliphatic carbocycles. The molecule has 0 radical (unpaired) electrons. The number of rotatable bonds is 3. The van der Waals surface area contributed by atoms with Crippen LogP contribution in [0.5, 0.6) is 5.75 Å². The van der Waals surface area contributed by atoms with Gasteiger partial charge in [-0.15, -0.1) is 24.5 Å². The predicted octanol–water partition coefficient (Wildman–Crippen LogP) is 2.67. The molecule has 0 bridgehead atoms. The van der Waals surface area contributed by atoms with E-state index in [0.717, 1.165) is 23.5 Å². The summed E-state index contributed by atoms with van der Waals surface area (Å²) < 4.78 is 64.9. The standard InChI is InChI=1S/C14H11F3N2O4S2/c1-8-18-12-13(24-8)19(11(20)7-25(12,21)22)6-9-3-2-4-10(5-9)23-14(15,16)17/h2-5H,6-7H2,1H3. The number of thiazole rings is 1. The highest BCUT2D eigenvalue weighted by molar-refractivity contribution is 7.92. The first-order chi connectivity index (χ1) is 11.5. The van der Waals surface area contributed by atoms with Gasteiger partial charge in [-0.2, -0.15) is 0 Å². The smallest absolute Gasteiger partial charge is 0.406 e. The van der Waals surface area contributed by atoms with Crippen LogP contribution in [-0.2, 0) is 21.2 Å². The molecule has 25 heavy (non-hydrogen) atoms. The lowest BCUT2D eigenvalue weighted by Gasteiger charge is -2.25. The summed E-state index contributed by atoms with van der Waals surface area (Å²) in [6.07, 6.45) is -4.82. The number of anilines is 1. The van der Waals surface area contributed by atoms with Crippen molar-refractivity contribution >= 4 is 32.1 Å². The first-order valence-electron chi connectivity index (χ1n) is 6.90. The van der Waals surface area contributed by atoms with Crippen LogP contribution in [0.3, 0.4) is 0 Å². The molecule has 0 saturated carbocycles. The van der Waals surface area contributed by atoms with Crippen LogP contribution in [0.15, 0.2) is 29.3 Å². The van der Waals surface area contributed by atoms with Crippen LogP contribution in [0, 0.1) is 6.92 Å². The number of halogens is 3. The minimum absolute atomic E-state index is 0.0853. The Kier molecular flexibility index (Phi) is 4.23. The topological polar surface area (TPSA) is 76.6 Å². The summed E-state index contributed by atoms with van der Waals surface area (Å²) in [5, 5.41) is 0.482. The molecule has 0 N–H and O–H groups in total. The van der Waals surface area contributed by atoms with E-state index < -0.39 is 33.6 Å². The molecule has 0 atom stereocenters. The number of benzene rings is 1. The number of carbonyl (C=O) groups excluding carboxylic acids is 1. The van der Waals surface area contributed by atoms with Gasteiger partial charge in [0.15, 0.2) is 5.03 Å². The first kappa shape index (κ1) is 17.7. The Hall–Kier alpha value is -2.14. The number of aryl methyl sites for hydroxylation is 1. The number of hydrogen-bond acceptors (Lipinski definition) is 6. The van der Waals surface area contributed by atoms with E-state index in [1.165, 1.54) is 17.0 Å². The average Bonchev–Trinajstić information content (AvgIpc) is 2.84. The molecule has 2 aromatic rings. The van der Waals surface area contributed by atoms with Crippen molar-refractivity contribution in [2.45, 2.75) is 24.9 Å². The second-order valence-electron chi connectivity index (χ2n) is 5.28. The highest BCUT2D eigenvalue weighted by atomic mass is 32.2. The van der Waals surface area contributed by atoms with Crippen molar-refractivity contribution in [1.29, 1.82) is 0 Å². The van der Waals surface area contributed by atoms with Crippen LogP contribution < -0.4 is 9.64 Å². The summed E-state index contributed by atoms with van der Waals surface area (Å²) in [7, 11) is -3.79. The molecule has 0 spiro atoms. The second kappa shape index (κ2) is 5.99. The zero-order valence-corrected chi connectivity index (χ0v) is 14.3. The number of hydrogen-bond donors (Lipinski definition) is 0. The van der Waals surface area contributed by atoms with Crippen molar-refractivity contribution in [2.24, 2.45) is 0 Å². The van der Waals surface area contributed by atoms with Crippen molar-refractivity contribution < 1.29 is 31.1 Å². The lowest BCUT2D eigenvalue weighted by Crippen LogP contribution is -2.39. The molecular weight excluding hydrogens is 381 g/mol. The SMILES string of the molecule is Cc1nc2c(s1)N(Cc1cccc(OC(F)(F)F)c1)C(=O)CS2(=O)=O. The van der Waals surface area contributed by atoms with Crippen LogP contribution in [-0.4, -0.2) is 31.4 Å². The minimum atomic E-state index is -4.82.